The SMILES string of the molecule is C=N/C(=C\C(=NCCOCCNC)OC1CCN(C(C)=O)CC1)c1cnc(N)nc1C(F)(F)F. The largest absolute Gasteiger partial charge is 0.474 e. The number of halogens is 3. The molecule has 0 atom stereocenters. The summed E-state index contributed by atoms with van der Waals surface area (Å²) in [6.45, 7) is 7.58. The van der Waals surface area contributed by atoms with E-state index in [4.69, 9.17) is 15.2 Å². The number of amides is 1. The van der Waals surface area contributed by atoms with Crippen LogP contribution in [0.2, 0.25) is 0 Å². The number of nitrogens with two attached hydrogens (primary N) is 1. The molecule has 10 nitrogen and oxygen atoms in total. The first-order chi connectivity index (χ1) is 16.2. The molecule has 3 N–H and O–H groups in total. The number of ether oxygens (including phenoxy) is 2. The number of hydrogen-bond acceptors (Lipinski definition) is 9. The van der Waals surface area contributed by atoms with Gasteiger partial charge in [0.15, 0.2) is 5.69 Å². The van der Waals surface area contributed by atoms with E-state index in [1.807, 2.05) is 0 Å². The monoisotopic (exact) mass is 485 g/mol. The van der Waals surface area contributed by atoms with Gasteiger partial charge in [-0.2, -0.15) is 13.2 Å². The third-order valence-corrected chi connectivity index (χ3v) is 4.96. The number of likely N-dealkylation sites (N-methyl/N-ethyl adjacent to an activating group) is 1. The normalized spacial score (nSPS) is 16.0. The summed E-state index contributed by atoms with van der Waals surface area (Å²) in [6, 6.07) is 0. The molecule has 13 heteroatoms. The van der Waals surface area contributed by atoms with E-state index in [9.17, 15) is 18.0 Å². The lowest BCUT2D eigenvalue weighted by Gasteiger charge is -2.31. The fourth-order valence-corrected chi connectivity index (χ4v) is 3.20. The maximum atomic E-state index is 13.5. The Morgan fingerprint density at radius 2 is 2.09 bits per heavy atom. The zero-order chi connectivity index (χ0) is 25.1. The second kappa shape index (κ2) is 13.0. The van der Waals surface area contributed by atoms with Gasteiger partial charge in [-0.15, -0.1) is 0 Å². The zero-order valence-electron chi connectivity index (χ0n) is 19.3. The van der Waals surface area contributed by atoms with Crippen LogP contribution < -0.4 is 11.1 Å². The first-order valence-corrected chi connectivity index (χ1v) is 10.7. The van der Waals surface area contributed by atoms with Gasteiger partial charge in [0.25, 0.3) is 0 Å². The van der Waals surface area contributed by atoms with Crippen LogP contribution in [-0.2, 0) is 20.4 Å². The number of nitrogens with zero attached hydrogens (tertiary/aromatic N) is 5. The molecule has 188 valence electrons. The fourth-order valence-electron chi connectivity index (χ4n) is 3.20. The molecule has 34 heavy (non-hydrogen) atoms. The summed E-state index contributed by atoms with van der Waals surface area (Å²) in [5.74, 6) is -0.460. The highest BCUT2D eigenvalue weighted by Gasteiger charge is 2.37. The number of nitrogens with one attached hydrogen (secondary N) is 1. The van der Waals surface area contributed by atoms with Crippen LogP contribution in [0, 0.1) is 0 Å². The number of rotatable bonds is 10. The molecule has 0 radical (unpaired) electrons. The van der Waals surface area contributed by atoms with Crippen LogP contribution in [0.25, 0.3) is 5.70 Å². The minimum atomic E-state index is -4.78. The summed E-state index contributed by atoms with van der Waals surface area (Å²) < 4.78 is 52.0. The molecule has 1 aromatic heterocycles. The van der Waals surface area contributed by atoms with Crippen LogP contribution in [-0.4, -0.2) is 85.9 Å². The molecule has 0 unspecified atom stereocenters. The summed E-state index contributed by atoms with van der Waals surface area (Å²) in [4.78, 5) is 28.4. The standard InChI is InChI=1S/C21H30F3N7O3/c1-14(32)31-8-4-15(5-9-31)34-18(28-7-11-33-10-6-26-2)12-17(27-3)16-13-29-20(25)30-19(16)21(22,23)24/h12-13,15,26H,3-11H2,1-2H3,(H2,25,29,30)/b17-12-,28-18?. The minimum Gasteiger partial charge on any atom is -0.474 e. The van der Waals surface area contributed by atoms with Gasteiger partial charge in [0.2, 0.25) is 17.8 Å². The van der Waals surface area contributed by atoms with Crippen LogP contribution in [0.15, 0.2) is 22.3 Å². The predicted octanol–water partition coefficient (Wildman–Crippen LogP) is 1.78. The molecule has 0 saturated carbocycles. The number of nitrogen functional groups attached to an aromatic ring is 1. The Bertz CT molecular complexity index is 898. The van der Waals surface area contributed by atoms with Gasteiger partial charge in [0, 0.05) is 57.2 Å². The topological polar surface area (TPSA) is 127 Å². The van der Waals surface area contributed by atoms with Gasteiger partial charge in [-0.05, 0) is 13.8 Å². The molecule has 0 bridgehead atoms. The molecule has 1 aromatic rings. The third-order valence-electron chi connectivity index (χ3n) is 4.96. The highest BCUT2D eigenvalue weighted by atomic mass is 19.4. The molecule has 1 saturated heterocycles. The molecule has 0 aliphatic carbocycles. The highest BCUT2D eigenvalue weighted by molar-refractivity contribution is 5.96. The third kappa shape index (κ3) is 8.37. The van der Waals surface area contributed by atoms with Gasteiger partial charge in [-0.1, -0.05) is 0 Å². The molecular formula is C21H30F3N7O3. The predicted molar refractivity (Wildman–Crippen MR) is 122 cm³/mol. The van der Waals surface area contributed by atoms with Crippen molar-refractivity contribution in [1.82, 2.24) is 20.2 Å². The van der Waals surface area contributed by atoms with Crippen molar-refractivity contribution >= 4 is 30.2 Å². The summed E-state index contributed by atoms with van der Waals surface area (Å²) in [6.07, 6.45) is -1.74. The number of aliphatic imine (C=N–C) groups is 2. The van der Waals surface area contributed by atoms with E-state index in [-0.39, 0.29) is 30.2 Å². The molecule has 0 aromatic carbocycles. The van der Waals surface area contributed by atoms with E-state index in [2.05, 4.69) is 32.0 Å². The van der Waals surface area contributed by atoms with Crippen LogP contribution >= 0.6 is 0 Å². The molecule has 1 fully saturated rings. The number of aromatic nitrogens is 2. The van der Waals surface area contributed by atoms with Crippen molar-refractivity contribution in [2.75, 3.05) is 52.2 Å². The zero-order valence-corrected chi connectivity index (χ0v) is 19.3. The van der Waals surface area contributed by atoms with Crippen molar-refractivity contribution in [3.63, 3.8) is 0 Å². The molecule has 0 spiro atoms. The van der Waals surface area contributed by atoms with Crippen LogP contribution in [0.4, 0.5) is 19.1 Å². The van der Waals surface area contributed by atoms with Gasteiger partial charge in [0.05, 0.1) is 25.5 Å². The Kier molecular flexibility index (Phi) is 10.4. The van der Waals surface area contributed by atoms with Crippen molar-refractivity contribution in [2.45, 2.75) is 32.0 Å². The van der Waals surface area contributed by atoms with E-state index < -0.39 is 23.4 Å². The molecule has 1 amide bonds. The van der Waals surface area contributed by atoms with Crippen molar-refractivity contribution in [2.24, 2.45) is 9.98 Å². The number of likely N-dealkylation sites (tertiary alicyclic amines) is 1. The summed E-state index contributed by atoms with van der Waals surface area (Å²) >= 11 is 0. The van der Waals surface area contributed by atoms with E-state index in [1.165, 1.54) is 13.0 Å². The van der Waals surface area contributed by atoms with Crippen LogP contribution in [0.3, 0.4) is 0 Å². The van der Waals surface area contributed by atoms with Crippen molar-refractivity contribution in [3.8, 4) is 0 Å². The van der Waals surface area contributed by atoms with E-state index in [0.717, 1.165) is 6.20 Å². The van der Waals surface area contributed by atoms with E-state index in [1.54, 1.807) is 11.9 Å². The minimum absolute atomic E-state index is 0.0212. The molecule has 2 rings (SSSR count). The maximum Gasteiger partial charge on any atom is 0.434 e. The van der Waals surface area contributed by atoms with Crippen molar-refractivity contribution in [3.05, 3.63) is 23.5 Å². The Morgan fingerprint density at radius 1 is 1.38 bits per heavy atom. The van der Waals surface area contributed by atoms with Gasteiger partial charge in [0.1, 0.15) is 6.10 Å². The average molecular weight is 486 g/mol. The summed E-state index contributed by atoms with van der Waals surface area (Å²) in [7, 11) is 1.80. The Hall–Kier alpha value is -3.06. The molecule has 2 heterocycles. The lowest BCUT2D eigenvalue weighted by Crippen LogP contribution is -2.40. The highest BCUT2D eigenvalue weighted by Crippen LogP contribution is 2.34. The quantitative estimate of drug-likeness (QED) is 0.294. The summed E-state index contributed by atoms with van der Waals surface area (Å²) in [5.41, 5.74) is 3.56. The molecular weight excluding hydrogens is 455 g/mol. The number of piperidine rings is 1. The molecule has 1 aliphatic rings. The van der Waals surface area contributed by atoms with Crippen molar-refractivity contribution in [1.29, 1.82) is 0 Å². The maximum absolute atomic E-state index is 13.5. The van der Waals surface area contributed by atoms with E-state index in [0.29, 0.717) is 45.7 Å². The Balaban J connectivity index is 2.28. The lowest BCUT2D eigenvalue weighted by molar-refractivity contribution is -0.141. The number of alkyl halides is 3. The van der Waals surface area contributed by atoms with Gasteiger partial charge < -0.3 is 25.4 Å². The van der Waals surface area contributed by atoms with Gasteiger partial charge in [-0.3, -0.25) is 9.79 Å². The van der Waals surface area contributed by atoms with Gasteiger partial charge >= 0.3 is 6.18 Å². The number of carbonyl (C=O) groups is 1. The first-order valence-electron chi connectivity index (χ1n) is 10.7. The van der Waals surface area contributed by atoms with E-state index >= 15 is 0 Å². The second-order valence-electron chi connectivity index (χ2n) is 7.44. The number of hydrogen-bond donors (Lipinski definition) is 2. The molecule has 1 aliphatic heterocycles. The number of anilines is 1. The summed E-state index contributed by atoms with van der Waals surface area (Å²) in [5, 5.41) is 2.95. The lowest BCUT2D eigenvalue weighted by atomic mass is 10.1. The first kappa shape index (κ1) is 27.2. The smallest absolute Gasteiger partial charge is 0.434 e. The van der Waals surface area contributed by atoms with Crippen LogP contribution in [0.5, 0.6) is 0 Å². The van der Waals surface area contributed by atoms with Crippen molar-refractivity contribution < 1.29 is 27.4 Å². The number of carbonyl (C=O) groups excluding carboxylic acids is 1. The average Bonchev–Trinajstić information content (AvgIpc) is 2.79. The second-order valence-corrected chi connectivity index (χ2v) is 7.44. The Morgan fingerprint density at radius 3 is 2.68 bits per heavy atom. The van der Waals surface area contributed by atoms with Crippen LogP contribution in [0.1, 0.15) is 31.0 Å². The van der Waals surface area contributed by atoms with Gasteiger partial charge in [-0.25, -0.2) is 15.0 Å². The Labute approximate surface area is 196 Å². The fraction of sp³-hybridized carbons (Fsp3) is 0.571.